The van der Waals surface area contributed by atoms with Gasteiger partial charge in [-0.1, -0.05) is 37.1 Å². The van der Waals surface area contributed by atoms with Gasteiger partial charge in [0.05, 0.1) is 24.7 Å². The van der Waals surface area contributed by atoms with E-state index >= 15 is 0 Å². The second-order valence-corrected chi connectivity index (χ2v) is 10.8. The van der Waals surface area contributed by atoms with Crippen molar-refractivity contribution in [1.82, 2.24) is 0 Å². The van der Waals surface area contributed by atoms with Crippen LogP contribution in [-0.2, 0) is 14.6 Å². The Labute approximate surface area is 164 Å². The quantitative estimate of drug-likeness (QED) is 0.765. The molecule has 1 amide bonds. The van der Waals surface area contributed by atoms with Crippen LogP contribution >= 0.6 is 11.8 Å². The number of anilines is 1. The second kappa shape index (κ2) is 7.47. The van der Waals surface area contributed by atoms with E-state index in [-0.39, 0.29) is 34.6 Å². The number of benzene rings is 1. The number of aliphatic imine (C=N–C) groups is 1. The van der Waals surface area contributed by atoms with E-state index in [0.29, 0.717) is 10.9 Å². The Morgan fingerprint density at radius 2 is 2.00 bits per heavy atom. The van der Waals surface area contributed by atoms with E-state index in [4.69, 9.17) is 4.74 Å². The minimum atomic E-state index is -3.07. The van der Waals surface area contributed by atoms with Crippen LogP contribution in [-0.4, -0.2) is 49.4 Å². The third kappa shape index (κ3) is 3.87. The third-order valence-corrected chi connectivity index (χ3v) is 8.77. The second-order valence-electron chi connectivity index (χ2n) is 7.44. The first-order valence-corrected chi connectivity index (χ1v) is 12.1. The molecule has 3 aliphatic rings. The summed E-state index contributed by atoms with van der Waals surface area (Å²) >= 11 is 1.43. The van der Waals surface area contributed by atoms with Crippen LogP contribution in [0, 0.1) is 5.92 Å². The average Bonchev–Trinajstić information content (AvgIpc) is 3.13. The molecule has 0 aromatic heterocycles. The Bertz CT molecular complexity index is 862. The predicted molar refractivity (Wildman–Crippen MR) is 108 cm³/mol. The largest absolute Gasteiger partial charge is 0.497 e. The van der Waals surface area contributed by atoms with Gasteiger partial charge in [0.2, 0.25) is 0 Å². The Balaban J connectivity index is 1.67. The molecule has 4 rings (SSSR count). The highest BCUT2D eigenvalue weighted by Crippen LogP contribution is 2.42. The molecule has 0 N–H and O–H groups in total. The van der Waals surface area contributed by atoms with E-state index in [1.165, 1.54) is 18.2 Å². The number of fused-ring (bicyclic) bond motifs is 1. The fraction of sp³-hybridized carbons (Fsp3) is 0.579. The lowest BCUT2D eigenvalue weighted by atomic mass is 9.89. The van der Waals surface area contributed by atoms with Gasteiger partial charge >= 0.3 is 0 Å². The maximum atomic E-state index is 12.7. The highest BCUT2D eigenvalue weighted by Gasteiger charge is 2.49. The molecule has 2 heterocycles. The molecule has 27 heavy (non-hydrogen) atoms. The lowest BCUT2D eigenvalue weighted by Gasteiger charge is -2.25. The monoisotopic (exact) mass is 408 g/mol. The van der Waals surface area contributed by atoms with Gasteiger partial charge in [0.15, 0.2) is 15.0 Å². The van der Waals surface area contributed by atoms with Crippen molar-refractivity contribution >= 4 is 38.4 Å². The molecule has 2 atom stereocenters. The van der Waals surface area contributed by atoms with Crippen molar-refractivity contribution in [2.75, 3.05) is 23.5 Å². The van der Waals surface area contributed by atoms with Crippen LogP contribution in [0.15, 0.2) is 29.3 Å². The molecule has 3 fully saturated rings. The Hall–Kier alpha value is -1.54. The highest BCUT2D eigenvalue weighted by atomic mass is 32.2. The Kier molecular flexibility index (Phi) is 5.20. The summed E-state index contributed by atoms with van der Waals surface area (Å²) in [5.74, 6) is 0.869. The molecule has 8 heteroatoms. The molecule has 0 bridgehead atoms. The van der Waals surface area contributed by atoms with E-state index in [2.05, 4.69) is 4.99 Å². The molecule has 146 valence electrons. The predicted octanol–water partition coefficient (Wildman–Crippen LogP) is 2.88. The highest BCUT2D eigenvalue weighted by molar-refractivity contribution is 8.16. The molecule has 2 aliphatic heterocycles. The number of rotatable bonds is 3. The van der Waals surface area contributed by atoms with Gasteiger partial charge in [-0.2, -0.15) is 4.99 Å². The van der Waals surface area contributed by atoms with Crippen LogP contribution in [0.2, 0.25) is 0 Å². The molecule has 1 aliphatic carbocycles. The van der Waals surface area contributed by atoms with Crippen LogP contribution in [0.4, 0.5) is 5.69 Å². The number of nitrogens with zero attached hydrogens (tertiary/aromatic N) is 2. The topological polar surface area (TPSA) is 76.0 Å². The average molecular weight is 409 g/mol. The third-order valence-electron chi connectivity index (χ3n) is 5.56. The standard InChI is InChI=1S/C19H24N2O4S2/c1-25-15-9-5-8-14(10-15)21-16-11-27(23,24)12-17(16)26-19(21)20-18(22)13-6-3-2-4-7-13/h5,8-10,13,16-17H,2-4,6-7,11-12H2,1H3/t16-,17+/m0/s1. The van der Waals surface area contributed by atoms with Crippen molar-refractivity contribution in [2.45, 2.75) is 43.4 Å². The van der Waals surface area contributed by atoms with E-state index in [1.54, 1.807) is 7.11 Å². The number of ether oxygens (including phenoxy) is 1. The minimum Gasteiger partial charge on any atom is -0.497 e. The number of methoxy groups -OCH3 is 1. The molecule has 1 aromatic carbocycles. The smallest absolute Gasteiger partial charge is 0.251 e. The van der Waals surface area contributed by atoms with Crippen LogP contribution in [0.1, 0.15) is 32.1 Å². The zero-order chi connectivity index (χ0) is 19.0. The minimum absolute atomic E-state index is 0.00295. The molecular formula is C19H24N2O4S2. The van der Waals surface area contributed by atoms with Gasteiger partial charge in [0.1, 0.15) is 5.75 Å². The normalized spacial score (nSPS) is 29.1. The summed E-state index contributed by atoms with van der Waals surface area (Å²) in [4.78, 5) is 19.1. The summed E-state index contributed by atoms with van der Waals surface area (Å²) in [5, 5.41) is 0.544. The summed E-state index contributed by atoms with van der Waals surface area (Å²) < 4.78 is 29.6. The van der Waals surface area contributed by atoms with Crippen molar-refractivity contribution in [3.63, 3.8) is 0 Å². The SMILES string of the molecule is COc1cccc(N2C(=NC(=O)C3CCCCC3)S[C@@H]3CS(=O)(=O)C[C@@H]32)c1. The number of thioether (sulfide) groups is 1. The number of carbonyl (C=O) groups is 1. The van der Waals surface area contributed by atoms with Gasteiger partial charge < -0.3 is 9.64 Å². The van der Waals surface area contributed by atoms with Gasteiger partial charge in [-0.25, -0.2) is 8.42 Å². The fourth-order valence-corrected chi connectivity index (χ4v) is 8.08. The van der Waals surface area contributed by atoms with E-state index < -0.39 is 9.84 Å². The first kappa shape index (κ1) is 18.8. The molecule has 1 saturated carbocycles. The fourth-order valence-electron chi connectivity index (χ4n) is 4.16. The lowest BCUT2D eigenvalue weighted by Crippen LogP contribution is -2.38. The van der Waals surface area contributed by atoms with Gasteiger partial charge in [-0.3, -0.25) is 4.79 Å². The molecule has 1 aromatic rings. The van der Waals surface area contributed by atoms with Gasteiger partial charge in [-0.15, -0.1) is 0 Å². The Morgan fingerprint density at radius 3 is 2.74 bits per heavy atom. The summed E-state index contributed by atoms with van der Waals surface area (Å²) in [6.45, 7) is 0. The summed E-state index contributed by atoms with van der Waals surface area (Å²) in [7, 11) is -1.47. The summed E-state index contributed by atoms with van der Waals surface area (Å²) in [6.07, 6.45) is 5.16. The van der Waals surface area contributed by atoms with Crippen molar-refractivity contribution in [1.29, 1.82) is 0 Å². The first-order valence-electron chi connectivity index (χ1n) is 9.40. The maximum absolute atomic E-state index is 12.7. The Morgan fingerprint density at radius 1 is 1.22 bits per heavy atom. The van der Waals surface area contributed by atoms with Gasteiger partial charge in [0, 0.05) is 22.9 Å². The number of amides is 1. The summed E-state index contributed by atoms with van der Waals surface area (Å²) in [6, 6.07) is 7.31. The van der Waals surface area contributed by atoms with Crippen LogP contribution in [0.5, 0.6) is 5.75 Å². The zero-order valence-electron chi connectivity index (χ0n) is 15.3. The maximum Gasteiger partial charge on any atom is 0.251 e. The van der Waals surface area contributed by atoms with E-state index in [0.717, 1.165) is 31.4 Å². The lowest BCUT2D eigenvalue weighted by molar-refractivity contribution is -0.122. The van der Waals surface area contributed by atoms with E-state index in [1.807, 2.05) is 29.2 Å². The van der Waals surface area contributed by atoms with Crippen LogP contribution in [0.25, 0.3) is 0 Å². The van der Waals surface area contributed by atoms with Crippen molar-refractivity contribution in [3.8, 4) is 5.75 Å². The molecule has 0 unspecified atom stereocenters. The van der Waals surface area contributed by atoms with Crippen LogP contribution in [0.3, 0.4) is 0 Å². The van der Waals surface area contributed by atoms with Gasteiger partial charge in [-0.05, 0) is 25.0 Å². The van der Waals surface area contributed by atoms with Crippen LogP contribution < -0.4 is 9.64 Å². The molecule has 2 saturated heterocycles. The first-order chi connectivity index (χ1) is 13.0. The van der Waals surface area contributed by atoms with Crippen molar-refractivity contribution in [3.05, 3.63) is 24.3 Å². The number of amidine groups is 1. The molecule has 6 nitrogen and oxygen atoms in total. The van der Waals surface area contributed by atoms with E-state index in [9.17, 15) is 13.2 Å². The van der Waals surface area contributed by atoms with Crippen molar-refractivity contribution < 1.29 is 17.9 Å². The van der Waals surface area contributed by atoms with Crippen molar-refractivity contribution in [2.24, 2.45) is 10.9 Å². The number of hydrogen-bond donors (Lipinski definition) is 0. The molecular weight excluding hydrogens is 384 g/mol. The summed E-state index contributed by atoms with van der Waals surface area (Å²) in [5.41, 5.74) is 0.821. The molecule has 0 radical (unpaired) electrons. The van der Waals surface area contributed by atoms with Gasteiger partial charge in [0.25, 0.3) is 5.91 Å². The number of sulfone groups is 1. The number of hydrogen-bond acceptors (Lipinski definition) is 5. The number of carbonyl (C=O) groups excluding carboxylic acids is 1. The zero-order valence-corrected chi connectivity index (χ0v) is 17.0. The molecule has 0 spiro atoms.